The molecule has 1 fully saturated rings. The summed E-state index contributed by atoms with van der Waals surface area (Å²) in [4.78, 5) is 0. The van der Waals surface area contributed by atoms with Crippen LogP contribution in [0.1, 0.15) is 51.6 Å². The second-order valence-electron chi connectivity index (χ2n) is 5.64. The molecule has 0 radical (unpaired) electrons. The van der Waals surface area contributed by atoms with Gasteiger partial charge in [-0.25, -0.2) is 0 Å². The largest absolute Gasteiger partial charge is 0.493 e. The van der Waals surface area contributed by atoms with Crippen molar-refractivity contribution in [2.75, 3.05) is 18.9 Å². The maximum Gasteiger partial charge on any atom is 0.124 e. The van der Waals surface area contributed by atoms with Crippen molar-refractivity contribution in [3.8, 4) is 5.75 Å². The Hall–Kier alpha value is -0.670. The van der Waals surface area contributed by atoms with Crippen molar-refractivity contribution in [1.29, 1.82) is 0 Å². The molecule has 3 heteroatoms. The zero-order chi connectivity index (χ0) is 14.4. The fourth-order valence-corrected chi connectivity index (χ4v) is 4.37. The molecule has 1 N–H and O–H groups in total. The number of para-hydroxylation sites is 1. The Morgan fingerprint density at radius 2 is 2.15 bits per heavy atom. The quantitative estimate of drug-likeness (QED) is 0.804. The Morgan fingerprint density at radius 1 is 1.35 bits per heavy atom. The van der Waals surface area contributed by atoms with Gasteiger partial charge in [-0.3, -0.25) is 0 Å². The lowest BCUT2D eigenvalue weighted by molar-refractivity contribution is 0.305. The molecule has 0 aromatic heterocycles. The number of rotatable bonds is 7. The van der Waals surface area contributed by atoms with Crippen LogP contribution < -0.4 is 10.1 Å². The van der Waals surface area contributed by atoms with Crippen molar-refractivity contribution in [1.82, 2.24) is 5.32 Å². The number of hydrogen-bond acceptors (Lipinski definition) is 3. The molecule has 0 amide bonds. The summed E-state index contributed by atoms with van der Waals surface area (Å²) in [6.45, 7) is 8.52. The molecule has 0 bridgehead atoms. The third kappa shape index (κ3) is 3.50. The van der Waals surface area contributed by atoms with E-state index in [1.807, 2.05) is 0 Å². The predicted molar refractivity (Wildman–Crippen MR) is 88.7 cm³/mol. The molecular weight excluding hydrogens is 266 g/mol. The molecule has 1 saturated heterocycles. The van der Waals surface area contributed by atoms with Crippen LogP contribution in [-0.4, -0.2) is 23.7 Å². The number of thioether (sulfide) groups is 1. The van der Waals surface area contributed by atoms with Crippen LogP contribution in [0.4, 0.5) is 0 Å². The molecule has 0 saturated carbocycles. The first-order chi connectivity index (χ1) is 9.71. The van der Waals surface area contributed by atoms with E-state index in [1.54, 1.807) is 0 Å². The molecule has 0 spiro atoms. The molecule has 20 heavy (non-hydrogen) atoms. The van der Waals surface area contributed by atoms with Gasteiger partial charge in [0.15, 0.2) is 0 Å². The standard InChI is InChI=1S/C17H27NOS/c1-4-12-19-15-10-7-6-9-14(15)16(18-5-2)17(3)11-8-13-20-17/h6-7,9-10,16,18H,4-5,8,11-13H2,1-3H3. The summed E-state index contributed by atoms with van der Waals surface area (Å²) in [5.41, 5.74) is 1.32. The van der Waals surface area contributed by atoms with Gasteiger partial charge in [0.25, 0.3) is 0 Å². The van der Waals surface area contributed by atoms with Gasteiger partial charge in [0.1, 0.15) is 5.75 Å². The molecule has 2 unspecified atom stereocenters. The maximum atomic E-state index is 5.97. The molecule has 2 nitrogen and oxygen atoms in total. The average molecular weight is 293 g/mol. The van der Waals surface area contributed by atoms with Gasteiger partial charge in [0.05, 0.1) is 12.6 Å². The summed E-state index contributed by atoms with van der Waals surface area (Å²) < 4.78 is 6.25. The van der Waals surface area contributed by atoms with Crippen LogP contribution in [-0.2, 0) is 0 Å². The van der Waals surface area contributed by atoms with Gasteiger partial charge in [-0.15, -0.1) is 0 Å². The van der Waals surface area contributed by atoms with Crippen LogP contribution >= 0.6 is 11.8 Å². The first-order valence-corrected chi connectivity index (χ1v) is 8.79. The van der Waals surface area contributed by atoms with Crippen molar-refractivity contribution in [2.24, 2.45) is 0 Å². The Kier molecular flexibility index (Phi) is 5.79. The zero-order valence-electron chi connectivity index (χ0n) is 12.9. The molecule has 1 aliphatic rings. The van der Waals surface area contributed by atoms with Crippen molar-refractivity contribution in [2.45, 2.75) is 50.8 Å². The normalized spacial score (nSPS) is 23.8. The molecule has 112 valence electrons. The van der Waals surface area contributed by atoms with E-state index < -0.39 is 0 Å². The van der Waals surface area contributed by atoms with Gasteiger partial charge in [-0.2, -0.15) is 11.8 Å². The van der Waals surface area contributed by atoms with Crippen molar-refractivity contribution >= 4 is 11.8 Å². The van der Waals surface area contributed by atoms with Crippen molar-refractivity contribution < 1.29 is 4.74 Å². The molecule has 2 rings (SSSR count). The van der Waals surface area contributed by atoms with Crippen LogP contribution in [0.5, 0.6) is 5.75 Å². The monoisotopic (exact) mass is 293 g/mol. The Labute approximate surface area is 127 Å². The maximum absolute atomic E-state index is 5.97. The van der Waals surface area contributed by atoms with Crippen LogP contribution in [0.3, 0.4) is 0 Å². The summed E-state index contributed by atoms with van der Waals surface area (Å²) in [6.07, 6.45) is 3.64. The van der Waals surface area contributed by atoms with E-state index in [0.29, 0.717) is 6.04 Å². The highest BCUT2D eigenvalue weighted by molar-refractivity contribution is 8.00. The summed E-state index contributed by atoms with van der Waals surface area (Å²) >= 11 is 2.10. The Morgan fingerprint density at radius 3 is 2.80 bits per heavy atom. The molecule has 1 aromatic carbocycles. The first kappa shape index (κ1) is 15.7. The van der Waals surface area contributed by atoms with E-state index in [4.69, 9.17) is 4.74 Å². The lowest BCUT2D eigenvalue weighted by Gasteiger charge is -2.35. The Bertz CT molecular complexity index is 415. The van der Waals surface area contributed by atoms with Gasteiger partial charge < -0.3 is 10.1 Å². The van der Waals surface area contributed by atoms with Gasteiger partial charge in [-0.05, 0) is 44.6 Å². The van der Waals surface area contributed by atoms with Gasteiger partial charge in [0, 0.05) is 10.3 Å². The molecule has 1 aromatic rings. The van der Waals surface area contributed by atoms with Gasteiger partial charge >= 0.3 is 0 Å². The fraction of sp³-hybridized carbons (Fsp3) is 0.647. The van der Waals surface area contributed by atoms with E-state index in [2.05, 4.69) is 62.1 Å². The minimum Gasteiger partial charge on any atom is -0.493 e. The fourth-order valence-electron chi connectivity index (χ4n) is 2.95. The Balaban J connectivity index is 2.28. The summed E-state index contributed by atoms with van der Waals surface area (Å²) in [5.74, 6) is 2.32. The number of ether oxygens (including phenoxy) is 1. The zero-order valence-corrected chi connectivity index (χ0v) is 13.8. The lowest BCUT2D eigenvalue weighted by atomic mass is 9.89. The predicted octanol–water partition coefficient (Wildman–Crippen LogP) is 4.41. The number of benzene rings is 1. The van der Waals surface area contributed by atoms with Gasteiger partial charge in [0.2, 0.25) is 0 Å². The number of nitrogens with one attached hydrogen (secondary N) is 1. The van der Waals surface area contributed by atoms with E-state index in [9.17, 15) is 0 Å². The second kappa shape index (κ2) is 7.37. The lowest BCUT2D eigenvalue weighted by Crippen LogP contribution is -2.37. The molecular formula is C17H27NOS. The molecule has 0 aliphatic carbocycles. The highest BCUT2D eigenvalue weighted by Gasteiger charge is 2.39. The average Bonchev–Trinajstić information content (AvgIpc) is 2.91. The van der Waals surface area contributed by atoms with Crippen LogP contribution in [0.15, 0.2) is 24.3 Å². The van der Waals surface area contributed by atoms with E-state index in [0.717, 1.165) is 25.3 Å². The van der Waals surface area contributed by atoms with Crippen molar-refractivity contribution in [3.63, 3.8) is 0 Å². The minimum absolute atomic E-state index is 0.279. The van der Waals surface area contributed by atoms with Crippen molar-refractivity contribution in [3.05, 3.63) is 29.8 Å². The third-order valence-corrected chi connectivity index (χ3v) is 5.55. The highest BCUT2D eigenvalue weighted by Crippen LogP contribution is 2.48. The van der Waals surface area contributed by atoms with Gasteiger partial charge in [-0.1, -0.05) is 32.0 Å². The topological polar surface area (TPSA) is 21.3 Å². The van der Waals surface area contributed by atoms with E-state index in [1.165, 1.54) is 24.2 Å². The summed E-state index contributed by atoms with van der Waals surface area (Å²) in [7, 11) is 0. The molecule has 1 heterocycles. The highest BCUT2D eigenvalue weighted by atomic mass is 32.2. The van der Waals surface area contributed by atoms with Crippen LogP contribution in [0.25, 0.3) is 0 Å². The summed E-state index contributed by atoms with van der Waals surface area (Å²) in [5, 5.41) is 3.70. The molecule has 1 aliphatic heterocycles. The number of hydrogen-bond donors (Lipinski definition) is 1. The van der Waals surface area contributed by atoms with E-state index >= 15 is 0 Å². The second-order valence-corrected chi connectivity index (χ2v) is 7.27. The van der Waals surface area contributed by atoms with Crippen LogP contribution in [0, 0.1) is 0 Å². The smallest absolute Gasteiger partial charge is 0.124 e. The van der Waals surface area contributed by atoms with Crippen LogP contribution in [0.2, 0.25) is 0 Å². The summed E-state index contributed by atoms with van der Waals surface area (Å²) in [6, 6.07) is 8.90. The molecule has 2 atom stereocenters. The van der Waals surface area contributed by atoms with E-state index in [-0.39, 0.29) is 4.75 Å². The third-order valence-electron chi connectivity index (χ3n) is 3.96. The first-order valence-electron chi connectivity index (χ1n) is 7.80. The SMILES string of the molecule is CCCOc1ccccc1C(NCC)C1(C)CCCS1. The minimum atomic E-state index is 0.279.